The van der Waals surface area contributed by atoms with Gasteiger partial charge in [-0.3, -0.25) is 4.90 Å². The SMILES string of the molecule is CC(C)N(CCC(C)(C)C#N)Cc1ccc(N)cc1. The molecule has 0 aromatic heterocycles. The lowest BCUT2D eigenvalue weighted by Crippen LogP contribution is -2.33. The molecule has 3 heteroatoms. The zero-order valence-electron chi connectivity index (χ0n) is 12.5. The Morgan fingerprint density at radius 1 is 1.26 bits per heavy atom. The number of nitrogen functional groups attached to an aromatic ring is 1. The number of hydrogen-bond donors (Lipinski definition) is 1. The van der Waals surface area contributed by atoms with Crippen molar-refractivity contribution in [2.75, 3.05) is 12.3 Å². The maximum Gasteiger partial charge on any atom is 0.0684 e. The fourth-order valence-electron chi connectivity index (χ4n) is 1.86. The topological polar surface area (TPSA) is 53.0 Å². The van der Waals surface area contributed by atoms with E-state index in [9.17, 15) is 0 Å². The molecule has 0 aliphatic rings. The standard InChI is InChI=1S/C16H25N3/c1-13(2)19(10-9-16(3,4)12-17)11-14-5-7-15(18)8-6-14/h5-8,13H,9-11,18H2,1-4H3. The fourth-order valence-corrected chi connectivity index (χ4v) is 1.86. The Balaban J connectivity index is 2.64. The molecule has 0 fully saturated rings. The molecule has 0 atom stereocenters. The molecule has 0 bridgehead atoms. The van der Waals surface area contributed by atoms with Crippen LogP contribution in [0.4, 0.5) is 5.69 Å². The number of benzene rings is 1. The minimum absolute atomic E-state index is 0.256. The lowest BCUT2D eigenvalue weighted by atomic mass is 9.91. The van der Waals surface area contributed by atoms with E-state index < -0.39 is 0 Å². The van der Waals surface area contributed by atoms with Gasteiger partial charge in [-0.1, -0.05) is 12.1 Å². The number of nitrogens with zero attached hydrogens (tertiary/aromatic N) is 2. The van der Waals surface area contributed by atoms with Crippen LogP contribution in [0, 0.1) is 16.7 Å². The summed E-state index contributed by atoms with van der Waals surface area (Å²) in [6.45, 7) is 10.2. The van der Waals surface area contributed by atoms with Crippen LogP contribution in [-0.2, 0) is 6.54 Å². The predicted octanol–water partition coefficient (Wildman–Crippen LogP) is 3.42. The van der Waals surface area contributed by atoms with Gasteiger partial charge in [0.25, 0.3) is 0 Å². The summed E-state index contributed by atoms with van der Waals surface area (Å²) in [4.78, 5) is 2.39. The van der Waals surface area contributed by atoms with Crippen molar-refractivity contribution in [1.29, 1.82) is 5.26 Å². The van der Waals surface area contributed by atoms with Gasteiger partial charge in [-0.2, -0.15) is 5.26 Å². The Hall–Kier alpha value is -1.53. The molecular formula is C16H25N3. The van der Waals surface area contributed by atoms with Crippen molar-refractivity contribution in [2.45, 2.75) is 46.7 Å². The van der Waals surface area contributed by atoms with Gasteiger partial charge in [-0.05, 0) is 51.8 Å². The highest BCUT2D eigenvalue weighted by Gasteiger charge is 2.19. The molecule has 1 rings (SSSR count). The molecule has 2 N–H and O–H groups in total. The summed E-state index contributed by atoms with van der Waals surface area (Å²) in [5.41, 5.74) is 7.50. The van der Waals surface area contributed by atoms with Crippen LogP contribution in [-0.4, -0.2) is 17.5 Å². The van der Waals surface area contributed by atoms with Gasteiger partial charge in [-0.25, -0.2) is 0 Å². The monoisotopic (exact) mass is 259 g/mol. The summed E-state index contributed by atoms with van der Waals surface area (Å²) >= 11 is 0. The first-order valence-corrected chi connectivity index (χ1v) is 6.84. The Kier molecular flexibility index (Phi) is 5.38. The van der Waals surface area contributed by atoms with Gasteiger partial charge in [0.15, 0.2) is 0 Å². The van der Waals surface area contributed by atoms with Crippen LogP contribution in [0.15, 0.2) is 24.3 Å². The third kappa shape index (κ3) is 5.32. The van der Waals surface area contributed by atoms with E-state index in [-0.39, 0.29) is 5.41 Å². The average Bonchev–Trinajstić information content (AvgIpc) is 2.36. The number of rotatable bonds is 6. The van der Waals surface area contributed by atoms with E-state index in [0.29, 0.717) is 6.04 Å². The predicted molar refractivity (Wildman–Crippen MR) is 80.4 cm³/mol. The van der Waals surface area contributed by atoms with Crippen molar-refractivity contribution in [3.05, 3.63) is 29.8 Å². The van der Waals surface area contributed by atoms with Crippen LogP contribution in [0.3, 0.4) is 0 Å². The number of hydrogen-bond acceptors (Lipinski definition) is 3. The summed E-state index contributed by atoms with van der Waals surface area (Å²) in [6.07, 6.45) is 0.886. The highest BCUT2D eigenvalue weighted by molar-refractivity contribution is 5.39. The van der Waals surface area contributed by atoms with E-state index in [1.54, 1.807) is 0 Å². The van der Waals surface area contributed by atoms with Gasteiger partial charge in [0, 0.05) is 24.8 Å². The second-order valence-electron chi connectivity index (χ2n) is 6.05. The van der Waals surface area contributed by atoms with Crippen LogP contribution in [0.2, 0.25) is 0 Å². The van der Waals surface area contributed by atoms with Crippen molar-refractivity contribution >= 4 is 5.69 Å². The molecule has 0 aliphatic carbocycles. The van der Waals surface area contributed by atoms with E-state index in [2.05, 4.69) is 36.9 Å². The molecule has 1 aromatic carbocycles. The van der Waals surface area contributed by atoms with Gasteiger partial charge in [-0.15, -0.1) is 0 Å². The van der Waals surface area contributed by atoms with Gasteiger partial charge in [0.1, 0.15) is 0 Å². The lowest BCUT2D eigenvalue weighted by Gasteiger charge is -2.29. The Morgan fingerprint density at radius 3 is 2.32 bits per heavy atom. The maximum atomic E-state index is 9.08. The molecule has 0 saturated heterocycles. The summed E-state index contributed by atoms with van der Waals surface area (Å²) in [5, 5.41) is 9.08. The summed E-state index contributed by atoms with van der Waals surface area (Å²) < 4.78 is 0. The van der Waals surface area contributed by atoms with E-state index in [1.807, 2.05) is 26.0 Å². The minimum Gasteiger partial charge on any atom is -0.399 e. The highest BCUT2D eigenvalue weighted by atomic mass is 15.1. The van der Waals surface area contributed by atoms with E-state index in [4.69, 9.17) is 11.0 Å². The van der Waals surface area contributed by atoms with Crippen molar-refractivity contribution < 1.29 is 0 Å². The largest absolute Gasteiger partial charge is 0.399 e. The Labute approximate surface area is 117 Å². The second-order valence-corrected chi connectivity index (χ2v) is 6.05. The smallest absolute Gasteiger partial charge is 0.0684 e. The molecule has 1 aromatic rings. The molecule has 0 saturated carbocycles. The van der Waals surface area contributed by atoms with Crippen molar-refractivity contribution in [1.82, 2.24) is 4.90 Å². The first kappa shape index (κ1) is 15.5. The first-order valence-electron chi connectivity index (χ1n) is 6.84. The van der Waals surface area contributed by atoms with Crippen LogP contribution in [0.25, 0.3) is 0 Å². The van der Waals surface area contributed by atoms with Gasteiger partial charge in [0.2, 0.25) is 0 Å². The van der Waals surface area contributed by atoms with Crippen molar-refractivity contribution in [3.63, 3.8) is 0 Å². The zero-order valence-corrected chi connectivity index (χ0v) is 12.5. The molecule has 104 valence electrons. The van der Waals surface area contributed by atoms with E-state index >= 15 is 0 Å². The third-order valence-corrected chi connectivity index (χ3v) is 3.42. The van der Waals surface area contributed by atoms with Crippen LogP contribution >= 0.6 is 0 Å². The Bertz CT molecular complexity index is 426. The number of anilines is 1. The molecule has 0 aliphatic heterocycles. The lowest BCUT2D eigenvalue weighted by molar-refractivity contribution is 0.190. The van der Waals surface area contributed by atoms with E-state index in [0.717, 1.165) is 25.2 Å². The summed E-state index contributed by atoms with van der Waals surface area (Å²) in [5.74, 6) is 0. The molecule has 0 radical (unpaired) electrons. The fraction of sp³-hybridized carbons (Fsp3) is 0.562. The number of nitrogens with two attached hydrogens (primary N) is 1. The van der Waals surface area contributed by atoms with Crippen molar-refractivity contribution in [3.8, 4) is 6.07 Å². The van der Waals surface area contributed by atoms with Gasteiger partial charge < -0.3 is 5.73 Å². The van der Waals surface area contributed by atoms with Crippen LogP contribution < -0.4 is 5.73 Å². The molecule has 3 nitrogen and oxygen atoms in total. The number of nitriles is 1. The summed E-state index contributed by atoms with van der Waals surface area (Å²) in [6, 6.07) is 10.8. The van der Waals surface area contributed by atoms with Gasteiger partial charge >= 0.3 is 0 Å². The maximum absolute atomic E-state index is 9.08. The average molecular weight is 259 g/mol. The third-order valence-electron chi connectivity index (χ3n) is 3.42. The molecule has 0 spiro atoms. The molecular weight excluding hydrogens is 234 g/mol. The Morgan fingerprint density at radius 2 is 1.84 bits per heavy atom. The normalized spacial score (nSPS) is 11.8. The minimum atomic E-state index is -0.256. The second kappa shape index (κ2) is 6.58. The van der Waals surface area contributed by atoms with Crippen molar-refractivity contribution in [2.24, 2.45) is 5.41 Å². The van der Waals surface area contributed by atoms with Gasteiger partial charge in [0.05, 0.1) is 11.5 Å². The first-order chi connectivity index (χ1) is 8.84. The van der Waals surface area contributed by atoms with Crippen LogP contribution in [0.5, 0.6) is 0 Å². The zero-order chi connectivity index (χ0) is 14.5. The highest BCUT2D eigenvalue weighted by Crippen LogP contribution is 2.20. The van der Waals surface area contributed by atoms with E-state index in [1.165, 1.54) is 5.56 Å². The van der Waals surface area contributed by atoms with Crippen LogP contribution in [0.1, 0.15) is 39.7 Å². The summed E-state index contributed by atoms with van der Waals surface area (Å²) in [7, 11) is 0. The molecule has 0 amide bonds. The molecule has 0 unspecified atom stereocenters. The quantitative estimate of drug-likeness (QED) is 0.796. The molecule has 19 heavy (non-hydrogen) atoms. The molecule has 0 heterocycles.